The molecule has 2 aliphatic heterocycles. The van der Waals surface area contributed by atoms with Crippen molar-refractivity contribution in [1.82, 2.24) is 14.4 Å². The van der Waals surface area contributed by atoms with E-state index in [1.807, 2.05) is 40.7 Å². The average molecular weight is 395 g/mol. The van der Waals surface area contributed by atoms with E-state index in [1.165, 1.54) is 5.56 Å². The predicted molar refractivity (Wildman–Crippen MR) is 108 cm³/mol. The van der Waals surface area contributed by atoms with Gasteiger partial charge in [0.05, 0.1) is 5.52 Å². The minimum Gasteiger partial charge on any atom is -0.460 e. The molecule has 0 spiro atoms. The first kappa shape index (κ1) is 18.1. The van der Waals surface area contributed by atoms with E-state index in [9.17, 15) is 4.79 Å². The summed E-state index contributed by atoms with van der Waals surface area (Å²) >= 11 is 0. The van der Waals surface area contributed by atoms with Gasteiger partial charge in [0, 0.05) is 51.4 Å². The molecule has 2 aromatic heterocycles. The van der Waals surface area contributed by atoms with E-state index >= 15 is 0 Å². The van der Waals surface area contributed by atoms with Crippen molar-refractivity contribution in [2.24, 2.45) is 0 Å². The number of carbonyl (C=O) groups is 1. The standard InChI is InChI=1S/C22H25N3O4/c1-3-25-17-10-15(2)29-20(17)12-18(25)22(26)24-8-6-23(7-9-24)13-16-4-5-19-21(11-16)28-14-27-19/h4-5,10-12H,3,6-9,13-14H2,1-2H3. The zero-order valence-electron chi connectivity index (χ0n) is 16.8. The molecule has 5 rings (SSSR count). The number of carbonyl (C=O) groups excluding carboxylic acids is 1. The van der Waals surface area contributed by atoms with Gasteiger partial charge in [-0.25, -0.2) is 0 Å². The third-order valence-corrected chi connectivity index (χ3v) is 5.75. The van der Waals surface area contributed by atoms with E-state index in [0.717, 1.165) is 67.6 Å². The summed E-state index contributed by atoms with van der Waals surface area (Å²) in [5, 5.41) is 0. The molecule has 2 aliphatic rings. The van der Waals surface area contributed by atoms with E-state index in [1.54, 1.807) is 0 Å². The van der Waals surface area contributed by atoms with Gasteiger partial charge in [0.1, 0.15) is 11.5 Å². The third kappa shape index (κ3) is 3.25. The van der Waals surface area contributed by atoms with Gasteiger partial charge in [0.15, 0.2) is 17.1 Å². The molecule has 4 heterocycles. The van der Waals surface area contributed by atoms with Crippen molar-refractivity contribution < 1.29 is 18.7 Å². The van der Waals surface area contributed by atoms with E-state index < -0.39 is 0 Å². The Hall–Kier alpha value is -2.93. The lowest BCUT2D eigenvalue weighted by molar-refractivity contribution is 0.0618. The van der Waals surface area contributed by atoms with Crippen LogP contribution in [0, 0.1) is 6.92 Å². The monoisotopic (exact) mass is 395 g/mol. The van der Waals surface area contributed by atoms with Crippen molar-refractivity contribution >= 4 is 17.0 Å². The van der Waals surface area contributed by atoms with Gasteiger partial charge in [-0.15, -0.1) is 0 Å². The summed E-state index contributed by atoms with van der Waals surface area (Å²) in [5.74, 6) is 2.58. The molecule has 29 heavy (non-hydrogen) atoms. The highest BCUT2D eigenvalue weighted by molar-refractivity contribution is 5.97. The van der Waals surface area contributed by atoms with E-state index in [-0.39, 0.29) is 5.91 Å². The number of aromatic nitrogens is 1. The number of benzene rings is 1. The Kier molecular flexibility index (Phi) is 4.47. The number of aryl methyl sites for hydroxylation is 2. The van der Waals surface area contributed by atoms with E-state index in [0.29, 0.717) is 12.5 Å². The smallest absolute Gasteiger partial charge is 0.270 e. The molecule has 1 fully saturated rings. The van der Waals surface area contributed by atoms with E-state index in [4.69, 9.17) is 13.9 Å². The zero-order chi connectivity index (χ0) is 20.0. The Morgan fingerprint density at radius 1 is 1.03 bits per heavy atom. The van der Waals surface area contributed by atoms with Crippen LogP contribution in [0.15, 0.2) is 34.7 Å². The molecular weight excluding hydrogens is 370 g/mol. The lowest BCUT2D eigenvalue weighted by Crippen LogP contribution is -2.48. The second-order valence-electron chi connectivity index (χ2n) is 7.64. The van der Waals surface area contributed by atoms with Crippen molar-refractivity contribution in [2.45, 2.75) is 26.9 Å². The van der Waals surface area contributed by atoms with Crippen molar-refractivity contribution in [2.75, 3.05) is 33.0 Å². The summed E-state index contributed by atoms with van der Waals surface area (Å²) in [6, 6.07) is 9.97. The van der Waals surface area contributed by atoms with Gasteiger partial charge >= 0.3 is 0 Å². The number of furan rings is 1. The summed E-state index contributed by atoms with van der Waals surface area (Å²) in [5.41, 5.74) is 3.69. The van der Waals surface area contributed by atoms with Gasteiger partial charge in [-0.1, -0.05) is 6.07 Å². The van der Waals surface area contributed by atoms with Crippen LogP contribution in [0.5, 0.6) is 11.5 Å². The fraction of sp³-hybridized carbons (Fsp3) is 0.409. The van der Waals surface area contributed by atoms with Crippen LogP contribution in [-0.2, 0) is 13.1 Å². The summed E-state index contributed by atoms with van der Waals surface area (Å²) in [4.78, 5) is 17.5. The molecule has 1 amide bonds. The summed E-state index contributed by atoms with van der Waals surface area (Å²) in [6.45, 7) is 9.01. The zero-order valence-corrected chi connectivity index (χ0v) is 16.8. The molecule has 0 N–H and O–H groups in total. The molecule has 0 saturated carbocycles. The maximum absolute atomic E-state index is 13.1. The molecule has 1 aromatic carbocycles. The molecule has 7 heteroatoms. The Morgan fingerprint density at radius 2 is 1.83 bits per heavy atom. The molecule has 0 aliphatic carbocycles. The normalized spacial score (nSPS) is 16.7. The molecule has 0 atom stereocenters. The molecule has 3 aromatic rings. The van der Waals surface area contributed by atoms with Gasteiger partial charge < -0.3 is 23.4 Å². The number of rotatable bonds is 4. The van der Waals surface area contributed by atoms with Crippen LogP contribution in [0.3, 0.4) is 0 Å². The number of piperazine rings is 1. The number of ether oxygens (including phenoxy) is 2. The number of nitrogens with zero attached hydrogens (tertiary/aromatic N) is 3. The minimum atomic E-state index is 0.0821. The van der Waals surface area contributed by atoms with Crippen LogP contribution >= 0.6 is 0 Å². The number of hydrogen-bond donors (Lipinski definition) is 0. The fourth-order valence-corrected chi connectivity index (χ4v) is 4.25. The second-order valence-corrected chi connectivity index (χ2v) is 7.64. The highest BCUT2D eigenvalue weighted by Gasteiger charge is 2.26. The van der Waals surface area contributed by atoms with Crippen LogP contribution in [0.1, 0.15) is 28.7 Å². The molecule has 1 saturated heterocycles. The van der Waals surface area contributed by atoms with Crippen LogP contribution in [0.4, 0.5) is 0 Å². The summed E-state index contributed by atoms with van der Waals surface area (Å²) in [7, 11) is 0. The maximum Gasteiger partial charge on any atom is 0.270 e. The average Bonchev–Trinajstić information content (AvgIpc) is 3.41. The lowest BCUT2D eigenvalue weighted by atomic mass is 10.1. The molecular formula is C22H25N3O4. The first-order chi connectivity index (χ1) is 14.1. The van der Waals surface area contributed by atoms with Crippen molar-refractivity contribution in [3.63, 3.8) is 0 Å². The van der Waals surface area contributed by atoms with Gasteiger partial charge in [0.25, 0.3) is 5.91 Å². The van der Waals surface area contributed by atoms with Crippen LogP contribution in [0.25, 0.3) is 11.1 Å². The topological polar surface area (TPSA) is 60.1 Å². The third-order valence-electron chi connectivity index (χ3n) is 5.75. The number of hydrogen-bond acceptors (Lipinski definition) is 5. The summed E-state index contributed by atoms with van der Waals surface area (Å²) < 4.78 is 18.6. The van der Waals surface area contributed by atoms with Gasteiger partial charge in [-0.05, 0) is 31.5 Å². The highest BCUT2D eigenvalue weighted by atomic mass is 16.7. The Morgan fingerprint density at radius 3 is 2.62 bits per heavy atom. The Balaban J connectivity index is 1.24. The predicted octanol–water partition coefficient (Wildman–Crippen LogP) is 3.25. The van der Waals surface area contributed by atoms with Crippen LogP contribution in [0.2, 0.25) is 0 Å². The Labute approximate surface area is 169 Å². The SMILES string of the molecule is CCn1c(C(=O)N2CCN(Cc3ccc4c(c3)OCO4)CC2)cc2oc(C)cc21. The summed E-state index contributed by atoms with van der Waals surface area (Å²) in [6.07, 6.45) is 0. The van der Waals surface area contributed by atoms with Crippen LogP contribution < -0.4 is 9.47 Å². The first-order valence-corrected chi connectivity index (χ1v) is 10.1. The molecule has 0 radical (unpaired) electrons. The molecule has 152 valence electrons. The number of amides is 1. The molecule has 7 nitrogen and oxygen atoms in total. The van der Waals surface area contributed by atoms with Gasteiger partial charge in [0.2, 0.25) is 6.79 Å². The largest absolute Gasteiger partial charge is 0.460 e. The second kappa shape index (κ2) is 7.15. The quantitative estimate of drug-likeness (QED) is 0.679. The first-order valence-electron chi connectivity index (χ1n) is 10.1. The van der Waals surface area contributed by atoms with Crippen molar-refractivity contribution in [3.05, 3.63) is 47.3 Å². The van der Waals surface area contributed by atoms with Crippen molar-refractivity contribution in [3.8, 4) is 11.5 Å². The fourth-order valence-electron chi connectivity index (χ4n) is 4.25. The molecule has 0 bridgehead atoms. The lowest BCUT2D eigenvalue weighted by Gasteiger charge is -2.34. The number of fused-ring (bicyclic) bond motifs is 2. The Bertz CT molecular complexity index is 1060. The highest BCUT2D eigenvalue weighted by Crippen LogP contribution is 2.33. The maximum atomic E-state index is 13.1. The van der Waals surface area contributed by atoms with Crippen LogP contribution in [-0.4, -0.2) is 53.2 Å². The van der Waals surface area contributed by atoms with E-state index in [2.05, 4.69) is 17.9 Å². The van der Waals surface area contributed by atoms with Gasteiger partial charge in [-0.2, -0.15) is 0 Å². The van der Waals surface area contributed by atoms with Crippen molar-refractivity contribution in [1.29, 1.82) is 0 Å². The van der Waals surface area contributed by atoms with Gasteiger partial charge in [-0.3, -0.25) is 9.69 Å². The minimum absolute atomic E-state index is 0.0821. The molecule has 0 unspecified atom stereocenters.